The van der Waals surface area contributed by atoms with Crippen molar-refractivity contribution < 1.29 is 9.21 Å². The molecule has 31 heavy (non-hydrogen) atoms. The van der Waals surface area contributed by atoms with Crippen LogP contribution >= 0.6 is 23.2 Å². The first-order chi connectivity index (χ1) is 15.0. The number of amides is 1. The van der Waals surface area contributed by atoms with Gasteiger partial charge in [0.25, 0.3) is 0 Å². The fourth-order valence-electron chi connectivity index (χ4n) is 3.66. The van der Waals surface area contributed by atoms with Crippen molar-refractivity contribution in [2.45, 2.75) is 19.8 Å². The van der Waals surface area contributed by atoms with E-state index in [0.717, 1.165) is 30.3 Å². The first-order valence-electron chi connectivity index (χ1n) is 10.4. The SMILES string of the molecule is CC1CCN(c2ccc(NC(=O)/C=C/c3ccc(-c4cc(Cl)cc(Cl)c4)o3)cc2)CC1. The molecule has 1 aromatic heterocycles. The molecule has 0 spiro atoms. The fourth-order valence-corrected chi connectivity index (χ4v) is 4.18. The van der Waals surface area contributed by atoms with Gasteiger partial charge in [0, 0.05) is 46.1 Å². The third kappa shape index (κ3) is 5.72. The molecule has 1 saturated heterocycles. The quantitative estimate of drug-likeness (QED) is 0.416. The Morgan fingerprint density at radius 3 is 2.39 bits per heavy atom. The molecule has 4 nitrogen and oxygen atoms in total. The number of hydrogen-bond acceptors (Lipinski definition) is 3. The summed E-state index contributed by atoms with van der Waals surface area (Å²) in [6, 6.07) is 16.8. The summed E-state index contributed by atoms with van der Waals surface area (Å²) in [7, 11) is 0. The molecule has 0 radical (unpaired) electrons. The summed E-state index contributed by atoms with van der Waals surface area (Å²) in [5.74, 6) is 1.78. The minimum Gasteiger partial charge on any atom is -0.457 e. The molecule has 6 heteroatoms. The van der Waals surface area contributed by atoms with Crippen LogP contribution in [0.2, 0.25) is 10.0 Å². The zero-order valence-corrected chi connectivity index (χ0v) is 18.8. The number of hydrogen-bond donors (Lipinski definition) is 1. The topological polar surface area (TPSA) is 45.5 Å². The van der Waals surface area contributed by atoms with E-state index in [9.17, 15) is 4.79 Å². The lowest BCUT2D eigenvalue weighted by Gasteiger charge is -2.32. The number of furan rings is 1. The molecule has 2 aromatic carbocycles. The Kier molecular flexibility index (Phi) is 6.69. The Balaban J connectivity index is 1.35. The predicted molar refractivity (Wildman–Crippen MR) is 129 cm³/mol. The van der Waals surface area contributed by atoms with Crippen LogP contribution in [0, 0.1) is 5.92 Å². The van der Waals surface area contributed by atoms with E-state index in [4.69, 9.17) is 27.6 Å². The van der Waals surface area contributed by atoms with E-state index in [1.54, 1.807) is 30.3 Å². The van der Waals surface area contributed by atoms with Gasteiger partial charge in [-0.05, 0) is 79.4 Å². The first kappa shape index (κ1) is 21.5. The van der Waals surface area contributed by atoms with Crippen LogP contribution in [-0.2, 0) is 4.79 Å². The molecule has 0 unspecified atom stereocenters. The van der Waals surface area contributed by atoms with E-state index in [-0.39, 0.29) is 5.91 Å². The molecule has 1 fully saturated rings. The van der Waals surface area contributed by atoms with Gasteiger partial charge in [-0.3, -0.25) is 4.79 Å². The number of rotatable bonds is 5. The second-order valence-corrected chi connectivity index (χ2v) is 8.77. The Morgan fingerprint density at radius 1 is 1.03 bits per heavy atom. The van der Waals surface area contributed by atoms with Crippen molar-refractivity contribution in [2.24, 2.45) is 5.92 Å². The van der Waals surface area contributed by atoms with Crippen LogP contribution in [0.4, 0.5) is 11.4 Å². The average Bonchev–Trinajstić information content (AvgIpc) is 3.22. The molecule has 0 bridgehead atoms. The zero-order chi connectivity index (χ0) is 21.8. The van der Waals surface area contributed by atoms with Crippen LogP contribution in [-0.4, -0.2) is 19.0 Å². The van der Waals surface area contributed by atoms with Gasteiger partial charge in [-0.25, -0.2) is 0 Å². The van der Waals surface area contributed by atoms with Crippen LogP contribution in [0.15, 0.2) is 65.1 Å². The van der Waals surface area contributed by atoms with Gasteiger partial charge in [0.05, 0.1) is 0 Å². The molecule has 4 rings (SSSR count). The number of carbonyl (C=O) groups is 1. The largest absolute Gasteiger partial charge is 0.457 e. The molecule has 2 heterocycles. The van der Waals surface area contributed by atoms with Crippen LogP contribution in [0.1, 0.15) is 25.5 Å². The van der Waals surface area contributed by atoms with Gasteiger partial charge in [-0.2, -0.15) is 0 Å². The molecule has 0 aliphatic carbocycles. The highest BCUT2D eigenvalue weighted by Crippen LogP contribution is 2.29. The van der Waals surface area contributed by atoms with Gasteiger partial charge in [0.2, 0.25) is 5.91 Å². The minimum absolute atomic E-state index is 0.219. The van der Waals surface area contributed by atoms with Gasteiger partial charge < -0.3 is 14.6 Å². The molecule has 3 aromatic rings. The molecule has 1 aliphatic rings. The van der Waals surface area contributed by atoms with E-state index in [2.05, 4.69) is 29.3 Å². The summed E-state index contributed by atoms with van der Waals surface area (Å²) in [6.07, 6.45) is 5.53. The Morgan fingerprint density at radius 2 is 1.71 bits per heavy atom. The van der Waals surface area contributed by atoms with Crippen LogP contribution in [0.25, 0.3) is 17.4 Å². The average molecular weight is 455 g/mol. The van der Waals surface area contributed by atoms with Crippen molar-refractivity contribution >= 4 is 46.6 Å². The summed E-state index contributed by atoms with van der Waals surface area (Å²) in [6.45, 7) is 4.48. The van der Waals surface area contributed by atoms with E-state index >= 15 is 0 Å². The van der Waals surface area contributed by atoms with Crippen LogP contribution in [0.3, 0.4) is 0 Å². The molecule has 0 atom stereocenters. The van der Waals surface area contributed by atoms with Crippen molar-refractivity contribution in [1.29, 1.82) is 0 Å². The molecule has 0 saturated carbocycles. The van der Waals surface area contributed by atoms with Gasteiger partial charge in [0.15, 0.2) is 0 Å². The third-order valence-electron chi connectivity index (χ3n) is 5.46. The molecular formula is C25H24Cl2N2O2. The maximum absolute atomic E-state index is 12.3. The number of anilines is 2. The van der Waals surface area contributed by atoms with Gasteiger partial charge >= 0.3 is 0 Å². The summed E-state index contributed by atoms with van der Waals surface area (Å²) in [4.78, 5) is 14.7. The highest BCUT2D eigenvalue weighted by molar-refractivity contribution is 6.35. The van der Waals surface area contributed by atoms with E-state index in [0.29, 0.717) is 21.6 Å². The number of nitrogens with zero attached hydrogens (tertiary/aromatic N) is 1. The molecular weight excluding hydrogens is 431 g/mol. The number of benzene rings is 2. The fraction of sp³-hybridized carbons (Fsp3) is 0.240. The second-order valence-electron chi connectivity index (χ2n) is 7.90. The number of piperidine rings is 1. The smallest absolute Gasteiger partial charge is 0.248 e. The summed E-state index contributed by atoms with van der Waals surface area (Å²) in [5, 5.41) is 3.96. The molecule has 1 amide bonds. The monoisotopic (exact) mass is 454 g/mol. The lowest BCUT2D eigenvalue weighted by molar-refractivity contribution is -0.111. The number of nitrogens with one attached hydrogen (secondary N) is 1. The van der Waals surface area contributed by atoms with E-state index in [1.807, 2.05) is 18.2 Å². The third-order valence-corrected chi connectivity index (χ3v) is 5.89. The summed E-state index contributed by atoms with van der Waals surface area (Å²) >= 11 is 12.1. The highest BCUT2D eigenvalue weighted by atomic mass is 35.5. The Bertz CT molecular complexity index is 1060. The lowest BCUT2D eigenvalue weighted by atomic mass is 9.99. The van der Waals surface area contributed by atoms with Crippen LogP contribution in [0.5, 0.6) is 0 Å². The summed E-state index contributed by atoms with van der Waals surface area (Å²) < 4.78 is 5.78. The number of halogens is 2. The van der Waals surface area contributed by atoms with E-state index < -0.39 is 0 Å². The predicted octanol–water partition coefficient (Wildman–Crippen LogP) is 7.14. The maximum atomic E-state index is 12.3. The molecule has 160 valence electrons. The van der Waals surface area contributed by atoms with Crippen molar-refractivity contribution in [3.8, 4) is 11.3 Å². The normalized spacial score (nSPS) is 14.9. The number of carbonyl (C=O) groups excluding carboxylic acids is 1. The Hall–Kier alpha value is -2.69. The minimum atomic E-state index is -0.219. The van der Waals surface area contributed by atoms with Crippen molar-refractivity contribution in [3.05, 3.63) is 76.5 Å². The standard InChI is InChI=1S/C25H24Cl2N2O2/c1-17-10-12-29(13-11-17)22-4-2-21(3-5-22)28-25(30)9-7-23-6-8-24(31-23)18-14-19(26)16-20(27)15-18/h2-9,14-17H,10-13H2,1H3,(H,28,30)/b9-7+. The second kappa shape index (κ2) is 9.63. The zero-order valence-electron chi connectivity index (χ0n) is 17.3. The van der Waals surface area contributed by atoms with Gasteiger partial charge in [-0.15, -0.1) is 0 Å². The van der Waals surface area contributed by atoms with Gasteiger partial charge in [0.1, 0.15) is 11.5 Å². The van der Waals surface area contributed by atoms with E-state index in [1.165, 1.54) is 24.6 Å². The van der Waals surface area contributed by atoms with Crippen molar-refractivity contribution in [2.75, 3.05) is 23.3 Å². The van der Waals surface area contributed by atoms with Crippen molar-refractivity contribution in [3.63, 3.8) is 0 Å². The molecule has 1 aliphatic heterocycles. The summed E-state index contributed by atoms with van der Waals surface area (Å²) in [5.41, 5.74) is 2.74. The maximum Gasteiger partial charge on any atom is 0.248 e. The Labute approximate surface area is 192 Å². The lowest BCUT2D eigenvalue weighted by Crippen LogP contribution is -2.32. The van der Waals surface area contributed by atoms with Crippen molar-refractivity contribution in [1.82, 2.24) is 0 Å². The van der Waals surface area contributed by atoms with Crippen LogP contribution < -0.4 is 10.2 Å². The molecule has 1 N–H and O–H groups in total. The van der Waals surface area contributed by atoms with Gasteiger partial charge in [-0.1, -0.05) is 30.1 Å². The highest BCUT2D eigenvalue weighted by Gasteiger charge is 2.15. The first-order valence-corrected chi connectivity index (χ1v) is 11.1.